The molecular weight excluding hydrogens is 306 g/mol. The van der Waals surface area contributed by atoms with E-state index in [-0.39, 0.29) is 12.1 Å². The van der Waals surface area contributed by atoms with Crippen molar-refractivity contribution in [3.8, 4) is 0 Å². The van der Waals surface area contributed by atoms with Gasteiger partial charge >= 0.3 is 6.03 Å². The number of fused-ring (bicyclic) bond motifs is 1. The predicted octanol–water partition coefficient (Wildman–Crippen LogP) is 3.12. The number of carbonyl (C=O) groups is 1. The average molecular weight is 329 g/mol. The third-order valence-electron chi connectivity index (χ3n) is 4.04. The molecule has 2 aromatic rings. The molecule has 1 atom stereocenters. The summed E-state index contributed by atoms with van der Waals surface area (Å²) in [5.41, 5.74) is 3.71. The van der Waals surface area contributed by atoms with Crippen LogP contribution < -0.4 is 10.6 Å². The molecule has 0 saturated carbocycles. The summed E-state index contributed by atoms with van der Waals surface area (Å²) < 4.78 is 2.11. The van der Waals surface area contributed by atoms with Crippen molar-refractivity contribution in [3.63, 3.8) is 0 Å². The van der Waals surface area contributed by atoms with Crippen molar-refractivity contribution in [2.75, 3.05) is 11.9 Å². The first-order chi connectivity index (χ1) is 11.7. The molecule has 0 saturated heterocycles. The summed E-state index contributed by atoms with van der Waals surface area (Å²) >= 11 is 0. The van der Waals surface area contributed by atoms with Crippen molar-refractivity contribution in [1.82, 2.24) is 14.9 Å². The molecule has 0 fully saturated rings. The van der Waals surface area contributed by atoms with Gasteiger partial charge in [-0.1, -0.05) is 19.0 Å². The topological polar surface area (TPSA) is 80.5 Å². The standard InChI is InChI=1S/C17H23N5O2/c1-3-7-22-11-19-15-9-13(5-6-16(15)22)20-17(23)18-10-14-8-12(4-2)21-24-14/h5-6,9,11,14H,3-4,7-8,10H2,1-2H3,(H2,18,20,23). The fourth-order valence-electron chi connectivity index (χ4n) is 2.75. The van der Waals surface area contributed by atoms with Gasteiger partial charge < -0.3 is 20.0 Å². The Hall–Kier alpha value is -2.57. The highest BCUT2D eigenvalue weighted by atomic mass is 16.6. The van der Waals surface area contributed by atoms with Gasteiger partial charge in [0.25, 0.3) is 0 Å². The highest BCUT2D eigenvalue weighted by Gasteiger charge is 2.20. The van der Waals surface area contributed by atoms with Crippen molar-refractivity contribution in [2.24, 2.45) is 5.16 Å². The molecule has 128 valence electrons. The largest absolute Gasteiger partial charge is 0.390 e. The van der Waals surface area contributed by atoms with Crippen LogP contribution in [0.2, 0.25) is 0 Å². The molecule has 2 N–H and O–H groups in total. The minimum absolute atomic E-state index is 0.0714. The maximum absolute atomic E-state index is 12.0. The monoisotopic (exact) mass is 329 g/mol. The van der Waals surface area contributed by atoms with Crippen LogP contribution in [0.1, 0.15) is 33.1 Å². The molecule has 1 aliphatic rings. The van der Waals surface area contributed by atoms with Crippen molar-refractivity contribution in [1.29, 1.82) is 0 Å². The first-order valence-electron chi connectivity index (χ1n) is 8.41. The first-order valence-corrected chi connectivity index (χ1v) is 8.41. The molecular formula is C17H23N5O2. The summed E-state index contributed by atoms with van der Waals surface area (Å²) in [6.07, 6.45) is 4.48. The van der Waals surface area contributed by atoms with Crippen molar-refractivity contribution in [2.45, 2.75) is 45.8 Å². The van der Waals surface area contributed by atoms with Crippen LogP contribution in [0.4, 0.5) is 10.5 Å². The van der Waals surface area contributed by atoms with Crippen LogP contribution in [-0.4, -0.2) is 33.9 Å². The Kier molecular flexibility index (Phi) is 4.98. The lowest BCUT2D eigenvalue weighted by Crippen LogP contribution is -2.35. The molecule has 0 radical (unpaired) electrons. The number of hydrogen-bond donors (Lipinski definition) is 2. The van der Waals surface area contributed by atoms with E-state index in [1.807, 2.05) is 31.5 Å². The maximum Gasteiger partial charge on any atom is 0.319 e. The van der Waals surface area contributed by atoms with E-state index in [2.05, 4.69) is 32.3 Å². The Morgan fingerprint density at radius 1 is 1.42 bits per heavy atom. The van der Waals surface area contributed by atoms with Gasteiger partial charge in [-0.05, 0) is 31.0 Å². The van der Waals surface area contributed by atoms with Crippen LogP contribution in [0.25, 0.3) is 11.0 Å². The van der Waals surface area contributed by atoms with Gasteiger partial charge in [-0.15, -0.1) is 0 Å². The van der Waals surface area contributed by atoms with Gasteiger partial charge in [-0.3, -0.25) is 0 Å². The van der Waals surface area contributed by atoms with Gasteiger partial charge in [0.2, 0.25) is 0 Å². The minimum Gasteiger partial charge on any atom is -0.390 e. The zero-order valence-electron chi connectivity index (χ0n) is 14.1. The molecule has 24 heavy (non-hydrogen) atoms. The van der Waals surface area contributed by atoms with Crippen LogP contribution >= 0.6 is 0 Å². The summed E-state index contributed by atoms with van der Waals surface area (Å²) in [6, 6.07) is 5.50. The molecule has 1 unspecified atom stereocenters. The number of aryl methyl sites for hydroxylation is 1. The SMILES string of the molecule is CCCn1cnc2cc(NC(=O)NCC3CC(CC)=NO3)ccc21. The smallest absolute Gasteiger partial charge is 0.319 e. The Balaban J connectivity index is 1.54. The number of imidazole rings is 1. The number of aromatic nitrogens is 2. The van der Waals surface area contributed by atoms with E-state index >= 15 is 0 Å². The second kappa shape index (κ2) is 7.33. The van der Waals surface area contributed by atoms with Gasteiger partial charge in [0.15, 0.2) is 0 Å². The number of amides is 2. The van der Waals surface area contributed by atoms with Gasteiger partial charge in [-0.2, -0.15) is 0 Å². The summed E-state index contributed by atoms with van der Waals surface area (Å²) in [6.45, 7) is 5.55. The maximum atomic E-state index is 12.0. The molecule has 3 rings (SSSR count). The average Bonchev–Trinajstić information content (AvgIpc) is 3.20. The highest BCUT2D eigenvalue weighted by Crippen LogP contribution is 2.18. The number of urea groups is 1. The quantitative estimate of drug-likeness (QED) is 0.854. The lowest BCUT2D eigenvalue weighted by molar-refractivity contribution is 0.0870. The first kappa shape index (κ1) is 16.3. The summed E-state index contributed by atoms with van der Waals surface area (Å²) in [5, 5.41) is 9.63. The predicted molar refractivity (Wildman–Crippen MR) is 94.3 cm³/mol. The highest BCUT2D eigenvalue weighted by molar-refractivity contribution is 5.92. The van der Waals surface area contributed by atoms with Crippen LogP contribution in [0, 0.1) is 0 Å². The molecule has 1 aliphatic heterocycles. The van der Waals surface area contributed by atoms with Gasteiger partial charge in [-0.25, -0.2) is 9.78 Å². The normalized spacial score (nSPS) is 16.8. The van der Waals surface area contributed by atoms with Gasteiger partial charge in [0.05, 0.1) is 29.6 Å². The molecule has 2 amide bonds. The number of anilines is 1. The van der Waals surface area contributed by atoms with E-state index in [4.69, 9.17) is 4.84 Å². The number of nitrogens with one attached hydrogen (secondary N) is 2. The van der Waals surface area contributed by atoms with Crippen molar-refractivity contribution in [3.05, 3.63) is 24.5 Å². The molecule has 0 spiro atoms. The Bertz CT molecular complexity index is 753. The second-order valence-corrected chi connectivity index (χ2v) is 5.92. The molecule has 1 aromatic carbocycles. The number of benzene rings is 1. The Labute approximate surface area is 141 Å². The van der Waals surface area contributed by atoms with Crippen molar-refractivity contribution < 1.29 is 9.63 Å². The number of oxime groups is 1. The molecule has 7 nitrogen and oxygen atoms in total. The summed E-state index contributed by atoms with van der Waals surface area (Å²) in [7, 11) is 0. The molecule has 0 aliphatic carbocycles. The third-order valence-corrected chi connectivity index (χ3v) is 4.04. The van der Waals surface area contributed by atoms with E-state index in [1.54, 1.807) is 0 Å². The van der Waals surface area contributed by atoms with Crippen LogP contribution in [-0.2, 0) is 11.4 Å². The minimum atomic E-state index is -0.254. The Morgan fingerprint density at radius 2 is 2.29 bits per heavy atom. The van der Waals surface area contributed by atoms with Gasteiger partial charge in [0.1, 0.15) is 6.10 Å². The summed E-state index contributed by atoms with van der Waals surface area (Å²) in [5.74, 6) is 0. The second-order valence-electron chi connectivity index (χ2n) is 5.92. The van der Waals surface area contributed by atoms with Gasteiger partial charge in [0, 0.05) is 18.7 Å². The molecule has 7 heteroatoms. The van der Waals surface area contributed by atoms with Crippen molar-refractivity contribution >= 4 is 28.5 Å². The molecule has 2 heterocycles. The fraction of sp³-hybridized carbons (Fsp3) is 0.471. The van der Waals surface area contributed by atoms with E-state index in [9.17, 15) is 4.79 Å². The number of nitrogens with zero attached hydrogens (tertiary/aromatic N) is 3. The number of hydrogen-bond acceptors (Lipinski definition) is 4. The van der Waals surface area contributed by atoms with E-state index in [0.29, 0.717) is 6.54 Å². The molecule has 0 bridgehead atoms. The zero-order chi connectivity index (χ0) is 16.9. The lowest BCUT2D eigenvalue weighted by atomic mass is 10.1. The van der Waals surface area contributed by atoms with E-state index in [1.165, 1.54) is 0 Å². The van der Waals surface area contributed by atoms with Crippen LogP contribution in [0.3, 0.4) is 0 Å². The summed E-state index contributed by atoms with van der Waals surface area (Å²) in [4.78, 5) is 21.7. The number of rotatable bonds is 6. The zero-order valence-corrected chi connectivity index (χ0v) is 14.1. The lowest BCUT2D eigenvalue weighted by Gasteiger charge is -2.11. The number of carbonyl (C=O) groups excluding carboxylic acids is 1. The van der Waals surface area contributed by atoms with Crippen LogP contribution in [0.5, 0.6) is 0 Å². The van der Waals surface area contributed by atoms with Crippen LogP contribution in [0.15, 0.2) is 29.7 Å². The van der Waals surface area contributed by atoms with E-state index < -0.39 is 0 Å². The fourth-order valence-corrected chi connectivity index (χ4v) is 2.75. The third kappa shape index (κ3) is 3.67. The van der Waals surface area contributed by atoms with E-state index in [0.717, 1.165) is 48.2 Å². The Morgan fingerprint density at radius 3 is 3.04 bits per heavy atom. The molecule has 1 aromatic heterocycles.